The highest BCUT2D eigenvalue weighted by Gasteiger charge is 2.15. The molecule has 0 amide bonds. The molecule has 1 heterocycles. The Bertz CT molecular complexity index is 705. The Morgan fingerprint density at radius 2 is 1.95 bits per heavy atom. The van der Waals surface area contributed by atoms with Crippen molar-refractivity contribution in [2.75, 3.05) is 0 Å². The smallest absolute Gasteiger partial charge is 0.414 e. The molecule has 19 heavy (non-hydrogen) atoms. The van der Waals surface area contributed by atoms with Gasteiger partial charge in [0.25, 0.3) is 12.0 Å². The monoisotopic (exact) mass is 287 g/mol. The molecule has 0 aliphatic heterocycles. The lowest BCUT2D eigenvalue weighted by atomic mass is 10.2. The van der Waals surface area contributed by atoms with E-state index in [-0.39, 0.29) is 16.5 Å². The van der Waals surface area contributed by atoms with E-state index in [0.717, 1.165) is 12.1 Å². The highest BCUT2D eigenvalue weighted by Crippen LogP contribution is 2.28. The van der Waals surface area contributed by atoms with Gasteiger partial charge in [-0.05, 0) is 25.1 Å². The molecule has 0 aliphatic carbocycles. The zero-order valence-corrected chi connectivity index (χ0v) is 10.4. The van der Waals surface area contributed by atoms with Gasteiger partial charge in [-0.25, -0.2) is 18.1 Å². The molecule has 0 spiro atoms. The largest absolute Gasteiger partial charge is 0.426 e. The minimum absolute atomic E-state index is 0.0153. The zero-order chi connectivity index (χ0) is 14.2. The second-order valence-corrected chi connectivity index (χ2v) is 4.21. The van der Waals surface area contributed by atoms with E-state index in [2.05, 4.69) is 0 Å². The van der Waals surface area contributed by atoms with E-state index < -0.39 is 23.3 Å². The van der Waals surface area contributed by atoms with E-state index in [9.17, 15) is 18.4 Å². The third-order valence-corrected chi connectivity index (χ3v) is 2.80. The van der Waals surface area contributed by atoms with E-state index in [4.69, 9.17) is 16.0 Å². The molecular weight excluding hydrogens is 280 g/mol. The Labute approximate surface area is 110 Å². The van der Waals surface area contributed by atoms with Crippen molar-refractivity contribution in [2.24, 2.45) is 0 Å². The molecule has 7 heteroatoms. The molecule has 2 rings (SSSR count). The van der Waals surface area contributed by atoms with Crippen LogP contribution in [0.5, 0.6) is 0 Å². The van der Waals surface area contributed by atoms with Gasteiger partial charge in [-0.2, -0.15) is 0 Å². The lowest BCUT2D eigenvalue weighted by Crippen LogP contribution is -2.30. The normalized spacial score (nSPS) is 11.0. The minimum Gasteiger partial charge on any atom is -0.414 e. The van der Waals surface area contributed by atoms with Gasteiger partial charge in [0.05, 0.1) is 5.69 Å². The maximum Gasteiger partial charge on any atom is 0.426 e. The summed E-state index contributed by atoms with van der Waals surface area (Å²) in [5.74, 6) is -0.790. The van der Waals surface area contributed by atoms with E-state index >= 15 is 0 Å². The standard InChI is InChI=1S/C12H8ClF2NO3/c1-6-4-10(17)16(12(18)19-6)7-2-3-9(13)8(5-7)11(14)15/h2-5,11H,1H3. The number of hydrogen-bond donors (Lipinski definition) is 0. The quantitative estimate of drug-likeness (QED) is 0.853. The molecule has 0 unspecified atom stereocenters. The van der Waals surface area contributed by atoms with Crippen molar-refractivity contribution in [3.63, 3.8) is 0 Å². The second-order valence-electron chi connectivity index (χ2n) is 3.80. The Kier molecular flexibility index (Phi) is 3.53. The number of benzene rings is 1. The predicted octanol–water partition coefficient (Wildman–Crippen LogP) is 2.69. The van der Waals surface area contributed by atoms with Crippen LogP contribution in [0.3, 0.4) is 0 Å². The minimum atomic E-state index is -2.80. The third-order valence-electron chi connectivity index (χ3n) is 2.45. The van der Waals surface area contributed by atoms with Gasteiger partial charge >= 0.3 is 5.76 Å². The summed E-state index contributed by atoms with van der Waals surface area (Å²) in [6.07, 6.45) is -2.80. The van der Waals surface area contributed by atoms with Gasteiger partial charge < -0.3 is 4.42 Å². The highest BCUT2D eigenvalue weighted by atomic mass is 35.5. The van der Waals surface area contributed by atoms with Crippen molar-refractivity contribution in [3.8, 4) is 5.69 Å². The van der Waals surface area contributed by atoms with E-state index in [0.29, 0.717) is 4.57 Å². The molecule has 2 aromatic rings. The maximum absolute atomic E-state index is 12.7. The molecule has 0 fully saturated rings. The molecule has 0 bridgehead atoms. The number of rotatable bonds is 2. The van der Waals surface area contributed by atoms with Crippen LogP contribution < -0.4 is 11.3 Å². The Morgan fingerprint density at radius 1 is 1.26 bits per heavy atom. The van der Waals surface area contributed by atoms with Crippen molar-refractivity contribution in [1.82, 2.24) is 4.57 Å². The van der Waals surface area contributed by atoms with Crippen LogP contribution in [0, 0.1) is 6.92 Å². The van der Waals surface area contributed by atoms with Crippen LogP contribution in [0.2, 0.25) is 5.02 Å². The average Bonchev–Trinajstić information content (AvgIpc) is 2.29. The molecule has 4 nitrogen and oxygen atoms in total. The number of aryl methyl sites for hydroxylation is 1. The molecular formula is C12H8ClF2NO3. The van der Waals surface area contributed by atoms with Crippen LogP contribution >= 0.6 is 11.6 Å². The molecule has 1 aromatic carbocycles. The molecule has 0 aliphatic rings. The van der Waals surface area contributed by atoms with Crippen LogP contribution in [0.15, 0.2) is 38.3 Å². The number of nitrogens with zero attached hydrogens (tertiary/aromatic N) is 1. The molecule has 0 N–H and O–H groups in total. The van der Waals surface area contributed by atoms with Crippen molar-refractivity contribution in [3.05, 3.63) is 61.5 Å². The molecule has 1 aromatic heterocycles. The third kappa shape index (κ3) is 2.58. The van der Waals surface area contributed by atoms with Crippen LogP contribution in [-0.4, -0.2) is 4.57 Å². The summed E-state index contributed by atoms with van der Waals surface area (Å²) in [5.41, 5.74) is -1.12. The first-order valence-electron chi connectivity index (χ1n) is 5.22. The fraction of sp³-hybridized carbons (Fsp3) is 0.167. The molecule has 0 saturated heterocycles. The van der Waals surface area contributed by atoms with Crippen LogP contribution in [0.1, 0.15) is 17.7 Å². The topological polar surface area (TPSA) is 52.2 Å². The Balaban J connectivity index is 2.70. The summed E-state index contributed by atoms with van der Waals surface area (Å²) in [5, 5.41) is -0.136. The summed E-state index contributed by atoms with van der Waals surface area (Å²) >= 11 is 5.61. The van der Waals surface area contributed by atoms with Crippen LogP contribution in [-0.2, 0) is 0 Å². The number of halogens is 3. The first-order chi connectivity index (χ1) is 8.90. The predicted molar refractivity (Wildman–Crippen MR) is 65.3 cm³/mol. The van der Waals surface area contributed by atoms with Gasteiger partial charge in [0.2, 0.25) is 0 Å². The van der Waals surface area contributed by atoms with Gasteiger partial charge in [-0.1, -0.05) is 11.6 Å². The lowest BCUT2D eigenvalue weighted by Gasteiger charge is -2.08. The maximum atomic E-state index is 12.7. The number of alkyl halides is 2. The van der Waals surface area contributed by atoms with Gasteiger partial charge in [0, 0.05) is 16.7 Å². The zero-order valence-electron chi connectivity index (χ0n) is 9.69. The second kappa shape index (κ2) is 4.97. The Hall–Kier alpha value is -1.95. The van der Waals surface area contributed by atoms with Crippen LogP contribution in [0.4, 0.5) is 8.78 Å². The van der Waals surface area contributed by atoms with Crippen LogP contribution in [0.25, 0.3) is 5.69 Å². The first-order valence-corrected chi connectivity index (χ1v) is 5.59. The fourth-order valence-corrected chi connectivity index (χ4v) is 1.81. The summed E-state index contributed by atoms with van der Waals surface area (Å²) in [6.45, 7) is 1.44. The van der Waals surface area contributed by atoms with Gasteiger partial charge in [0.15, 0.2) is 0 Å². The van der Waals surface area contributed by atoms with E-state index in [1.807, 2.05) is 0 Å². The van der Waals surface area contributed by atoms with Crippen molar-refractivity contribution < 1.29 is 13.2 Å². The average molecular weight is 288 g/mol. The summed E-state index contributed by atoms with van der Waals surface area (Å²) in [6, 6.07) is 4.57. The van der Waals surface area contributed by atoms with E-state index in [1.165, 1.54) is 19.1 Å². The van der Waals surface area contributed by atoms with Crippen molar-refractivity contribution >= 4 is 11.6 Å². The summed E-state index contributed by atoms with van der Waals surface area (Å²) in [7, 11) is 0. The molecule has 0 atom stereocenters. The van der Waals surface area contributed by atoms with Gasteiger partial charge in [0.1, 0.15) is 5.76 Å². The number of aromatic nitrogens is 1. The van der Waals surface area contributed by atoms with Gasteiger partial charge in [-0.15, -0.1) is 0 Å². The summed E-state index contributed by atoms with van der Waals surface area (Å²) < 4.78 is 30.9. The summed E-state index contributed by atoms with van der Waals surface area (Å²) in [4.78, 5) is 23.3. The SMILES string of the molecule is Cc1cc(=O)n(-c2ccc(Cl)c(C(F)F)c2)c(=O)o1. The first kappa shape index (κ1) is 13.5. The highest BCUT2D eigenvalue weighted by molar-refractivity contribution is 6.31. The Morgan fingerprint density at radius 3 is 2.53 bits per heavy atom. The van der Waals surface area contributed by atoms with Crippen molar-refractivity contribution in [2.45, 2.75) is 13.3 Å². The molecule has 0 radical (unpaired) electrons. The lowest BCUT2D eigenvalue weighted by molar-refractivity contribution is 0.151. The van der Waals surface area contributed by atoms with Crippen molar-refractivity contribution in [1.29, 1.82) is 0 Å². The van der Waals surface area contributed by atoms with Gasteiger partial charge in [-0.3, -0.25) is 4.79 Å². The fourth-order valence-electron chi connectivity index (χ4n) is 1.61. The molecule has 100 valence electrons. The molecule has 0 saturated carbocycles. The van der Waals surface area contributed by atoms with E-state index in [1.54, 1.807) is 0 Å². The number of hydrogen-bond acceptors (Lipinski definition) is 3.